The zero-order valence-corrected chi connectivity index (χ0v) is 54.0. The summed E-state index contributed by atoms with van der Waals surface area (Å²) in [6.07, 6.45) is 74.3. The number of carbonyl (C=O) groups excluding carboxylic acids is 2. The zero-order valence-electron chi connectivity index (χ0n) is 53.1. The van der Waals surface area contributed by atoms with Crippen LogP contribution in [0.1, 0.15) is 329 Å². The molecule has 1 amide bonds. The second kappa shape index (κ2) is 59.1. The van der Waals surface area contributed by atoms with Gasteiger partial charge in [0.05, 0.1) is 33.8 Å². The van der Waals surface area contributed by atoms with E-state index >= 15 is 0 Å². The third-order valence-electron chi connectivity index (χ3n) is 15.3. The molecule has 0 aromatic heterocycles. The van der Waals surface area contributed by atoms with E-state index in [-0.39, 0.29) is 31.5 Å². The molecule has 0 spiro atoms. The van der Waals surface area contributed by atoms with Crippen LogP contribution < -0.4 is 5.32 Å². The number of amides is 1. The fourth-order valence-electron chi connectivity index (χ4n) is 9.99. The number of phosphoric acid groups is 1. The lowest BCUT2D eigenvalue weighted by Crippen LogP contribution is -2.47. The van der Waals surface area contributed by atoms with Crippen molar-refractivity contribution in [3.8, 4) is 0 Å². The minimum atomic E-state index is -4.46. The van der Waals surface area contributed by atoms with E-state index in [0.717, 1.165) is 51.4 Å². The Morgan fingerprint density at radius 2 is 0.785 bits per heavy atom. The van der Waals surface area contributed by atoms with Gasteiger partial charge in [-0.15, -0.1) is 0 Å². The minimum Gasteiger partial charge on any atom is -0.456 e. The molecule has 0 aromatic rings. The zero-order chi connectivity index (χ0) is 57.9. The van der Waals surface area contributed by atoms with E-state index in [2.05, 4.69) is 56.5 Å². The number of allylic oxidation sites excluding steroid dienone is 7. The van der Waals surface area contributed by atoms with Crippen LogP contribution >= 0.6 is 7.82 Å². The molecule has 464 valence electrons. The van der Waals surface area contributed by atoms with Crippen molar-refractivity contribution in [1.82, 2.24) is 5.32 Å². The van der Waals surface area contributed by atoms with Crippen LogP contribution in [0.5, 0.6) is 0 Å². The van der Waals surface area contributed by atoms with Gasteiger partial charge in [0.2, 0.25) is 5.91 Å². The van der Waals surface area contributed by atoms with Crippen molar-refractivity contribution in [1.29, 1.82) is 0 Å². The molecule has 0 saturated heterocycles. The van der Waals surface area contributed by atoms with Crippen molar-refractivity contribution in [3.05, 3.63) is 48.6 Å². The number of ether oxygens (including phenoxy) is 1. The SMILES string of the molecule is CCCCCCCC/C=C\C/C=C/CCC(=O)OC(/C=C\CCCCCCCCCCCCC)C(COP(=O)(O)OCC[N+](C)(C)C)NC(=O)CCCCCCCCCCCCCCCCCCC/C=C/CCCCCCCC. The highest BCUT2D eigenvalue weighted by Crippen LogP contribution is 2.43. The van der Waals surface area contributed by atoms with Crippen LogP contribution in [0.4, 0.5) is 0 Å². The lowest BCUT2D eigenvalue weighted by Gasteiger charge is -2.27. The molecule has 2 N–H and O–H groups in total. The highest BCUT2D eigenvalue weighted by atomic mass is 31.2. The molecule has 3 atom stereocenters. The first-order chi connectivity index (χ1) is 38.4. The number of esters is 1. The van der Waals surface area contributed by atoms with E-state index in [1.807, 2.05) is 39.4 Å². The maximum atomic E-state index is 13.6. The average molecular weight is 1130 g/mol. The van der Waals surface area contributed by atoms with Gasteiger partial charge in [0, 0.05) is 12.8 Å². The summed E-state index contributed by atoms with van der Waals surface area (Å²) in [5.41, 5.74) is 0. The first-order valence-corrected chi connectivity index (χ1v) is 35.5. The molecule has 0 rings (SSSR count). The molecule has 0 saturated carbocycles. The number of quaternary nitrogens is 1. The third kappa shape index (κ3) is 60.4. The van der Waals surface area contributed by atoms with Gasteiger partial charge in [-0.05, 0) is 76.7 Å². The molecule has 10 heteroatoms. The van der Waals surface area contributed by atoms with Gasteiger partial charge in [-0.2, -0.15) is 0 Å². The molecule has 0 bridgehead atoms. The highest BCUT2D eigenvalue weighted by Gasteiger charge is 2.30. The lowest BCUT2D eigenvalue weighted by molar-refractivity contribution is -0.870. The first kappa shape index (κ1) is 77.0. The van der Waals surface area contributed by atoms with Gasteiger partial charge in [0.15, 0.2) is 0 Å². The summed E-state index contributed by atoms with van der Waals surface area (Å²) in [5.74, 6) is -0.570. The Labute approximate surface area is 490 Å². The summed E-state index contributed by atoms with van der Waals surface area (Å²) in [4.78, 5) is 37.7. The Bertz CT molecular complexity index is 1490. The second-order valence-corrected chi connectivity index (χ2v) is 25.8. The molecular formula is C69H132N2O7P+. The van der Waals surface area contributed by atoms with Crippen molar-refractivity contribution in [2.75, 3.05) is 40.9 Å². The monoisotopic (exact) mass is 1130 g/mol. The van der Waals surface area contributed by atoms with Crippen molar-refractivity contribution < 1.29 is 37.3 Å². The Balaban J connectivity index is 5.03. The van der Waals surface area contributed by atoms with Gasteiger partial charge in [0.25, 0.3) is 0 Å². The number of carbonyl (C=O) groups is 2. The van der Waals surface area contributed by atoms with Crippen molar-refractivity contribution in [2.24, 2.45) is 0 Å². The summed E-state index contributed by atoms with van der Waals surface area (Å²) in [6, 6.07) is -0.869. The van der Waals surface area contributed by atoms with Crippen LogP contribution in [0.3, 0.4) is 0 Å². The van der Waals surface area contributed by atoms with Crippen LogP contribution in [0.15, 0.2) is 48.6 Å². The van der Waals surface area contributed by atoms with Crippen molar-refractivity contribution in [2.45, 2.75) is 341 Å². The van der Waals surface area contributed by atoms with Crippen LogP contribution in [-0.2, 0) is 27.9 Å². The second-order valence-electron chi connectivity index (χ2n) is 24.3. The lowest BCUT2D eigenvalue weighted by atomic mass is 10.0. The number of likely N-dealkylation sites (N-methyl/N-ethyl adjacent to an activating group) is 1. The Morgan fingerprint density at radius 3 is 1.18 bits per heavy atom. The van der Waals surface area contributed by atoms with E-state index < -0.39 is 20.0 Å². The molecule has 0 radical (unpaired) electrons. The summed E-state index contributed by atoms with van der Waals surface area (Å²) < 4.78 is 30.7. The number of hydrogen-bond acceptors (Lipinski definition) is 6. The summed E-state index contributed by atoms with van der Waals surface area (Å²) in [6.45, 7) is 7.00. The maximum absolute atomic E-state index is 13.6. The number of nitrogens with one attached hydrogen (secondary N) is 1. The Morgan fingerprint density at radius 1 is 0.443 bits per heavy atom. The van der Waals surface area contributed by atoms with Gasteiger partial charge in [-0.1, -0.05) is 288 Å². The molecule has 0 aromatic carbocycles. The molecule has 79 heavy (non-hydrogen) atoms. The maximum Gasteiger partial charge on any atom is 0.472 e. The van der Waals surface area contributed by atoms with Crippen LogP contribution in [-0.4, -0.2) is 74.3 Å². The van der Waals surface area contributed by atoms with E-state index in [4.69, 9.17) is 13.8 Å². The smallest absolute Gasteiger partial charge is 0.456 e. The number of rotatable bonds is 62. The molecule has 0 aliphatic carbocycles. The van der Waals surface area contributed by atoms with Crippen LogP contribution in [0.25, 0.3) is 0 Å². The minimum absolute atomic E-state index is 0.0341. The van der Waals surface area contributed by atoms with Gasteiger partial charge in [-0.25, -0.2) is 4.57 Å². The summed E-state index contributed by atoms with van der Waals surface area (Å²) in [7, 11) is 1.48. The standard InChI is InChI=1S/C69H131N2O7P/c1-7-10-13-16-19-22-25-28-29-30-31-32-33-34-35-36-37-38-39-40-41-44-46-49-52-55-58-61-68(72)70-66(65-77-79(74,75)76-64-63-71(4,5)6)67(60-57-54-51-48-45-42-26-23-20-17-14-11-8-2)78-69(73)62-59-56-53-50-47-43-27-24-21-18-15-12-9-3/h28-29,43,47,53,56-57,60,66-67H,7-27,30-42,44-46,48-52,54-55,58-59,61-65H2,1-6H3,(H-,70,72,74,75)/p+1/b29-28+,47-43-,56-53+,60-57-. The van der Waals surface area contributed by atoms with E-state index in [0.29, 0.717) is 23.9 Å². The Kier molecular flexibility index (Phi) is 57.6. The fraction of sp³-hybridized carbons (Fsp3) is 0.855. The van der Waals surface area contributed by atoms with Crippen molar-refractivity contribution in [3.63, 3.8) is 0 Å². The van der Waals surface area contributed by atoms with Gasteiger partial charge >= 0.3 is 13.8 Å². The number of phosphoric ester groups is 1. The molecule has 0 aliphatic rings. The predicted octanol–water partition coefficient (Wildman–Crippen LogP) is 21.2. The summed E-state index contributed by atoms with van der Waals surface area (Å²) >= 11 is 0. The molecule has 9 nitrogen and oxygen atoms in total. The van der Waals surface area contributed by atoms with Gasteiger partial charge in [0.1, 0.15) is 19.3 Å². The summed E-state index contributed by atoms with van der Waals surface area (Å²) in [5, 5.41) is 3.05. The molecule has 0 heterocycles. The first-order valence-electron chi connectivity index (χ1n) is 34.0. The van der Waals surface area contributed by atoms with E-state index in [9.17, 15) is 19.0 Å². The number of nitrogens with zero attached hydrogens (tertiary/aromatic N) is 1. The third-order valence-corrected chi connectivity index (χ3v) is 16.2. The van der Waals surface area contributed by atoms with Crippen LogP contribution in [0.2, 0.25) is 0 Å². The largest absolute Gasteiger partial charge is 0.472 e. The van der Waals surface area contributed by atoms with Crippen molar-refractivity contribution >= 4 is 19.7 Å². The molecule has 0 fully saturated rings. The van der Waals surface area contributed by atoms with Crippen LogP contribution in [0, 0.1) is 0 Å². The van der Waals surface area contributed by atoms with Gasteiger partial charge < -0.3 is 19.4 Å². The molecule has 3 unspecified atom stereocenters. The molecule has 0 aliphatic heterocycles. The topological polar surface area (TPSA) is 111 Å². The quantitative estimate of drug-likeness (QED) is 0.0205. The Hall–Kier alpha value is -2.03. The highest BCUT2D eigenvalue weighted by molar-refractivity contribution is 7.47. The predicted molar refractivity (Wildman–Crippen MR) is 342 cm³/mol. The normalized spacial score (nSPS) is 13.9. The number of hydrogen-bond donors (Lipinski definition) is 2. The fourth-order valence-corrected chi connectivity index (χ4v) is 10.7. The molecular weight excluding hydrogens is 1000 g/mol. The van der Waals surface area contributed by atoms with Gasteiger partial charge in [-0.3, -0.25) is 18.6 Å². The van der Waals surface area contributed by atoms with E-state index in [1.54, 1.807) is 0 Å². The number of unbranched alkanes of at least 4 members (excludes halogenated alkanes) is 40. The average Bonchev–Trinajstić information content (AvgIpc) is 3.41. The van der Waals surface area contributed by atoms with E-state index in [1.165, 1.54) is 238 Å².